The third kappa shape index (κ3) is 4.79. The number of aryl methyl sites for hydroxylation is 1. The normalized spacial score (nSPS) is 10.6. The van der Waals surface area contributed by atoms with Gasteiger partial charge in [0.2, 0.25) is 0 Å². The van der Waals surface area contributed by atoms with Crippen molar-refractivity contribution in [3.05, 3.63) is 68.7 Å². The van der Waals surface area contributed by atoms with E-state index in [-0.39, 0.29) is 11.4 Å². The van der Waals surface area contributed by atoms with Crippen LogP contribution in [-0.2, 0) is 4.79 Å². The second-order valence-corrected chi connectivity index (χ2v) is 5.24. The monoisotopic (exact) mass is 347 g/mol. The van der Waals surface area contributed by atoms with Crippen molar-refractivity contribution in [1.82, 2.24) is 5.43 Å². The number of nitro groups is 1. The molecule has 0 aromatic heterocycles. The SMILES string of the molecule is Cc1ccc(OCC(=O)NN=Cc2ccccc2Cl)c([N+](=O)[O-])c1. The maximum absolute atomic E-state index is 11.7. The summed E-state index contributed by atoms with van der Waals surface area (Å²) in [6, 6.07) is 11.5. The van der Waals surface area contributed by atoms with Crippen LogP contribution in [0.25, 0.3) is 0 Å². The summed E-state index contributed by atoms with van der Waals surface area (Å²) in [6.07, 6.45) is 1.40. The summed E-state index contributed by atoms with van der Waals surface area (Å²) in [5.41, 5.74) is 3.45. The van der Waals surface area contributed by atoms with Crippen LogP contribution in [0.1, 0.15) is 11.1 Å². The van der Waals surface area contributed by atoms with Crippen molar-refractivity contribution in [3.8, 4) is 5.75 Å². The van der Waals surface area contributed by atoms with E-state index in [1.165, 1.54) is 18.3 Å². The fourth-order valence-corrected chi connectivity index (χ4v) is 2.01. The van der Waals surface area contributed by atoms with Crippen molar-refractivity contribution in [2.75, 3.05) is 6.61 Å². The van der Waals surface area contributed by atoms with Crippen LogP contribution >= 0.6 is 11.6 Å². The Morgan fingerprint density at radius 2 is 2.12 bits per heavy atom. The van der Waals surface area contributed by atoms with Crippen LogP contribution in [0.3, 0.4) is 0 Å². The van der Waals surface area contributed by atoms with E-state index < -0.39 is 17.4 Å². The molecule has 0 aliphatic heterocycles. The van der Waals surface area contributed by atoms with E-state index in [1.807, 2.05) is 0 Å². The number of hydrogen-bond acceptors (Lipinski definition) is 5. The maximum Gasteiger partial charge on any atom is 0.311 e. The molecule has 0 saturated carbocycles. The Hall–Kier alpha value is -2.93. The first-order valence-electron chi connectivity index (χ1n) is 6.91. The van der Waals surface area contributed by atoms with Gasteiger partial charge in [-0.3, -0.25) is 14.9 Å². The Kier molecular flexibility index (Phi) is 5.86. The van der Waals surface area contributed by atoms with Gasteiger partial charge in [-0.1, -0.05) is 35.9 Å². The number of hydrazone groups is 1. The molecule has 0 saturated heterocycles. The fourth-order valence-electron chi connectivity index (χ4n) is 1.82. The minimum Gasteiger partial charge on any atom is -0.477 e. The van der Waals surface area contributed by atoms with Crippen molar-refractivity contribution >= 4 is 29.4 Å². The summed E-state index contributed by atoms with van der Waals surface area (Å²) in [5, 5.41) is 15.2. The van der Waals surface area contributed by atoms with Crippen LogP contribution in [-0.4, -0.2) is 23.7 Å². The first-order chi connectivity index (χ1) is 11.5. The molecule has 0 heterocycles. The lowest BCUT2D eigenvalue weighted by molar-refractivity contribution is -0.385. The van der Waals surface area contributed by atoms with Gasteiger partial charge in [-0.2, -0.15) is 5.10 Å². The number of nitrogens with zero attached hydrogens (tertiary/aromatic N) is 2. The smallest absolute Gasteiger partial charge is 0.311 e. The third-order valence-electron chi connectivity index (χ3n) is 2.97. The van der Waals surface area contributed by atoms with Crippen molar-refractivity contribution in [1.29, 1.82) is 0 Å². The average molecular weight is 348 g/mol. The number of ether oxygens (including phenoxy) is 1. The van der Waals surface area contributed by atoms with Gasteiger partial charge in [0.15, 0.2) is 12.4 Å². The molecule has 1 N–H and O–H groups in total. The Labute approximate surface area is 143 Å². The molecule has 2 aromatic carbocycles. The third-order valence-corrected chi connectivity index (χ3v) is 3.31. The van der Waals surface area contributed by atoms with Crippen LogP contribution in [0.15, 0.2) is 47.6 Å². The lowest BCUT2D eigenvalue weighted by atomic mass is 10.2. The molecule has 2 rings (SSSR count). The minimum absolute atomic E-state index is 0.0239. The van der Waals surface area contributed by atoms with Gasteiger partial charge in [0.1, 0.15) is 0 Å². The summed E-state index contributed by atoms with van der Waals surface area (Å²) in [7, 11) is 0. The summed E-state index contributed by atoms with van der Waals surface area (Å²) >= 11 is 5.95. The number of rotatable bonds is 6. The fraction of sp³-hybridized carbons (Fsp3) is 0.125. The van der Waals surface area contributed by atoms with Crippen molar-refractivity contribution in [2.45, 2.75) is 6.92 Å². The molecule has 124 valence electrons. The molecular weight excluding hydrogens is 334 g/mol. The number of nitrogens with one attached hydrogen (secondary N) is 1. The molecule has 24 heavy (non-hydrogen) atoms. The zero-order valence-corrected chi connectivity index (χ0v) is 13.5. The van der Waals surface area contributed by atoms with Gasteiger partial charge in [-0.15, -0.1) is 0 Å². The lowest BCUT2D eigenvalue weighted by Gasteiger charge is -2.06. The molecule has 7 nitrogen and oxygen atoms in total. The van der Waals surface area contributed by atoms with Crippen molar-refractivity contribution < 1.29 is 14.5 Å². The molecule has 0 spiro atoms. The number of amides is 1. The molecule has 1 amide bonds. The van der Waals surface area contributed by atoms with E-state index in [9.17, 15) is 14.9 Å². The number of carbonyl (C=O) groups excluding carboxylic acids is 1. The number of nitro benzene ring substituents is 1. The Balaban J connectivity index is 1.92. The van der Waals surface area contributed by atoms with Crippen molar-refractivity contribution in [3.63, 3.8) is 0 Å². The first kappa shape index (κ1) is 17.4. The molecule has 0 aliphatic carbocycles. The van der Waals surface area contributed by atoms with E-state index in [4.69, 9.17) is 16.3 Å². The van der Waals surface area contributed by atoms with E-state index in [2.05, 4.69) is 10.5 Å². The summed E-state index contributed by atoms with van der Waals surface area (Å²) in [5.74, 6) is -0.524. The molecule has 2 aromatic rings. The minimum atomic E-state index is -0.560. The van der Waals surface area contributed by atoms with Crippen LogP contribution in [0.2, 0.25) is 5.02 Å². The lowest BCUT2D eigenvalue weighted by Crippen LogP contribution is -2.24. The first-order valence-corrected chi connectivity index (χ1v) is 7.29. The molecule has 0 radical (unpaired) electrons. The summed E-state index contributed by atoms with van der Waals surface area (Å²) < 4.78 is 5.19. The highest BCUT2D eigenvalue weighted by atomic mass is 35.5. The molecule has 0 aliphatic rings. The highest BCUT2D eigenvalue weighted by molar-refractivity contribution is 6.33. The van der Waals surface area contributed by atoms with Gasteiger partial charge in [0.05, 0.1) is 11.1 Å². The van der Waals surface area contributed by atoms with Crippen LogP contribution in [0, 0.1) is 17.0 Å². The predicted molar refractivity (Wildman–Crippen MR) is 90.5 cm³/mol. The molecule has 0 fully saturated rings. The van der Waals surface area contributed by atoms with Gasteiger partial charge >= 0.3 is 5.69 Å². The standard InChI is InChI=1S/C16H14ClN3O4/c1-11-6-7-15(14(8-11)20(22)23)24-10-16(21)19-18-9-12-4-2-3-5-13(12)17/h2-9H,10H2,1H3,(H,19,21). The quantitative estimate of drug-likeness (QED) is 0.493. The molecule has 0 unspecified atom stereocenters. The molecule has 8 heteroatoms. The van der Waals surface area contributed by atoms with E-state index in [1.54, 1.807) is 37.3 Å². The average Bonchev–Trinajstić information content (AvgIpc) is 2.55. The predicted octanol–water partition coefficient (Wildman–Crippen LogP) is 3.09. The zero-order valence-electron chi connectivity index (χ0n) is 12.7. The van der Waals surface area contributed by atoms with E-state index in [0.29, 0.717) is 10.6 Å². The number of halogens is 1. The number of benzene rings is 2. The van der Waals surface area contributed by atoms with Gasteiger partial charge in [0, 0.05) is 16.7 Å². The molecular formula is C16H14ClN3O4. The zero-order chi connectivity index (χ0) is 17.5. The maximum atomic E-state index is 11.7. The second kappa shape index (κ2) is 8.07. The highest BCUT2D eigenvalue weighted by Crippen LogP contribution is 2.27. The van der Waals surface area contributed by atoms with Gasteiger partial charge < -0.3 is 4.74 Å². The number of hydrogen-bond donors (Lipinski definition) is 1. The summed E-state index contributed by atoms with van der Waals surface area (Å²) in [6.45, 7) is 1.33. The molecule has 0 atom stereocenters. The highest BCUT2D eigenvalue weighted by Gasteiger charge is 2.16. The van der Waals surface area contributed by atoms with Gasteiger partial charge in [-0.05, 0) is 24.6 Å². The summed E-state index contributed by atoms with van der Waals surface area (Å²) in [4.78, 5) is 22.1. The largest absolute Gasteiger partial charge is 0.477 e. The van der Waals surface area contributed by atoms with E-state index in [0.717, 1.165) is 5.56 Å². The topological polar surface area (TPSA) is 93.8 Å². The van der Waals surface area contributed by atoms with Gasteiger partial charge in [-0.25, -0.2) is 5.43 Å². The number of carbonyl (C=O) groups is 1. The van der Waals surface area contributed by atoms with Crippen molar-refractivity contribution in [2.24, 2.45) is 5.10 Å². The Bertz CT molecular complexity index is 793. The van der Waals surface area contributed by atoms with Gasteiger partial charge in [0.25, 0.3) is 5.91 Å². The van der Waals surface area contributed by atoms with Crippen LogP contribution in [0.4, 0.5) is 5.69 Å². The second-order valence-electron chi connectivity index (χ2n) is 4.83. The Morgan fingerprint density at radius 1 is 1.38 bits per heavy atom. The van der Waals surface area contributed by atoms with Crippen LogP contribution in [0.5, 0.6) is 5.75 Å². The van der Waals surface area contributed by atoms with E-state index >= 15 is 0 Å². The molecule has 0 bridgehead atoms. The Morgan fingerprint density at radius 3 is 2.83 bits per heavy atom. The van der Waals surface area contributed by atoms with Crippen LogP contribution < -0.4 is 10.2 Å².